The number of carbonyl (C=O) groups excluding carboxylic acids is 1. The van der Waals surface area contributed by atoms with Gasteiger partial charge in [-0.3, -0.25) is 9.69 Å². The molecule has 1 aliphatic heterocycles. The summed E-state index contributed by atoms with van der Waals surface area (Å²) in [6.07, 6.45) is 0.0436. The zero-order valence-corrected chi connectivity index (χ0v) is 10.0. The van der Waals surface area contributed by atoms with Gasteiger partial charge in [0.05, 0.1) is 25.7 Å². The van der Waals surface area contributed by atoms with E-state index in [1.165, 1.54) is 7.11 Å². The summed E-state index contributed by atoms with van der Waals surface area (Å²) >= 11 is 0. The number of likely N-dealkylation sites (tertiary alicyclic amines) is 1. The largest absolute Gasteiger partial charge is 0.469 e. The van der Waals surface area contributed by atoms with Crippen LogP contribution in [0.4, 0.5) is 0 Å². The summed E-state index contributed by atoms with van der Waals surface area (Å²) in [5.41, 5.74) is 0. The molecule has 0 bridgehead atoms. The number of aliphatic hydroxyl groups excluding tert-OH is 1. The highest BCUT2D eigenvalue weighted by Gasteiger charge is 2.33. The monoisotopic (exact) mass is 231 g/mol. The van der Waals surface area contributed by atoms with E-state index in [0.717, 1.165) is 13.1 Å². The van der Waals surface area contributed by atoms with Crippen molar-refractivity contribution in [1.29, 1.82) is 0 Å². The van der Waals surface area contributed by atoms with Gasteiger partial charge in [0.25, 0.3) is 0 Å². The Morgan fingerprint density at radius 3 is 2.94 bits per heavy atom. The van der Waals surface area contributed by atoms with Crippen LogP contribution in [0, 0.1) is 5.92 Å². The molecule has 1 fully saturated rings. The molecule has 5 nitrogen and oxygen atoms in total. The normalized spacial score (nSPS) is 26.7. The molecule has 16 heavy (non-hydrogen) atoms. The molecule has 1 saturated heterocycles. The molecule has 0 aromatic rings. The highest BCUT2D eigenvalue weighted by atomic mass is 16.5. The van der Waals surface area contributed by atoms with Crippen LogP contribution in [-0.2, 0) is 14.3 Å². The predicted octanol–water partition coefficient (Wildman–Crippen LogP) is -0.121. The first-order chi connectivity index (χ1) is 7.69. The second-order valence-electron chi connectivity index (χ2n) is 3.98. The van der Waals surface area contributed by atoms with Gasteiger partial charge in [0, 0.05) is 26.2 Å². The molecule has 2 atom stereocenters. The standard InChI is InChI=1S/C11H21NO4/c1-3-16-7-6-12-5-4-10(13)9(8-12)11(14)15-2/h9-10,13H,3-8H2,1-2H3/t9-,10+/m1/s1. The molecule has 0 aromatic carbocycles. The molecular weight excluding hydrogens is 210 g/mol. The molecule has 1 aliphatic rings. The van der Waals surface area contributed by atoms with Gasteiger partial charge in [-0.25, -0.2) is 0 Å². The lowest BCUT2D eigenvalue weighted by atomic mass is 9.95. The Hall–Kier alpha value is -0.650. The number of aliphatic hydroxyl groups is 1. The Bertz CT molecular complexity index is 222. The maximum absolute atomic E-state index is 11.4. The van der Waals surface area contributed by atoms with Gasteiger partial charge in [0.2, 0.25) is 0 Å². The van der Waals surface area contributed by atoms with E-state index < -0.39 is 12.0 Å². The number of ether oxygens (including phenoxy) is 2. The SMILES string of the molecule is CCOCCN1CC[C@H](O)[C@H](C(=O)OC)C1. The average Bonchev–Trinajstić information content (AvgIpc) is 2.30. The topological polar surface area (TPSA) is 59.0 Å². The minimum Gasteiger partial charge on any atom is -0.469 e. The number of hydrogen-bond acceptors (Lipinski definition) is 5. The maximum Gasteiger partial charge on any atom is 0.312 e. The van der Waals surface area contributed by atoms with Crippen LogP contribution in [0.15, 0.2) is 0 Å². The smallest absolute Gasteiger partial charge is 0.312 e. The summed E-state index contributed by atoms with van der Waals surface area (Å²) in [5.74, 6) is -0.742. The molecular formula is C11H21NO4. The Morgan fingerprint density at radius 1 is 1.56 bits per heavy atom. The van der Waals surface area contributed by atoms with E-state index in [1.807, 2.05) is 6.92 Å². The lowest BCUT2D eigenvalue weighted by Crippen LogP contribution is -2.47. The van der Waals surface area contributed by atoms with Crippen LogP contribution in [0.2, 0.25) is 0 Å². The molecule has 0 radical (unpaired) electrons. The summed E-state index contributed by atoms with van der Waals surface area (Å²) in [6, 6.07) is 0. The summed E-state index contributed by atoms with van der Waals surface area (Å²) in [4.78, 5) is 13.5. The fourth-order valence-corrected chi connectivity index (χ4v) is 1.93. The number of rotatable bonds is 5. The first-order valence-electron chi connectivity index (χ1n) is 5.75. The highest BCUT2D eigenvalue weighted by Crippen LogP contribution is 2.18. The van der Waals surface area contributed by atoms with Gasteiger partial charge in [0.1, 0.15) is 0 Å². The van der Waals surface area contributed by atoms with Crippen LogP contribution in [0.1, 0.15) is 13.3 Å². The fraction of sp³-hybridized carbons (Fsp3) is 0.909. The molecule has 1 heterocycles. The number of nitrogens with zero attached hydrogens (tertiary/aromatic N) is 1. The Morgan fingerprint density at radius 2 is 2.31 bits per heavy atom. The van der Waals surface area contributed by atoms with Crippen LogP contribution in [0.5, 0.6) is 0 Å². The van der Waals surface area contributed by atoms with Crippen molar-refractivity contribution in [3.63, 3.8) is 0 Å². The van der Waals surface area contributed by atoms with Crippen LogP contribution in [-0.4, -0.2) is 62.0 Å². The number of esters is 1. The van der Waals surface area contributed by atoms with E-state index in [0.29, 0.717) is 26.2 Å². The Kier molecular flexibility index (Phi) is 5.73. The fourth-order valence-electron chi connectivity index (χ4n) is 1.93. The quantitative estimate of drug-likeness (QED) is 0.528. The summed E-state index contributed by atoms with van der Waals surface area (Å²) in [6.45, 7) is 5.49. The zero-order chi connectivity index (χ0) is 12.0. The summed E-state index contributed by atoms with van der Waals surface area (Å²) in [7, 11) is 1.36. The molecule has 94 valence electrons. The van der Waals surface area contributed by atoms with E-state index in [9.17, 15) is 9.90 Å². The zero-order valence-electron chi connectivity index (χ0n) is 10.0. The first kappa shape index (κ1) is 13.4. The number of piperidine rings is 1. The molecule has 1 N–H and O–H groups in total. The third kappa shape index (κ3) is 3.73. The van der Waals surface area contributed by atoms with Gasteiger partial charge < -0.3 is 14.6 Å². The third-order valence-electron chi connectivity index (χ3n) is 2.92. The van der Waals surface area contributed by atoms with Crippen molar-refractivity contribution in [2.75, 3.05) is 40.0 Å². The maximum atomic E-state index is 11.4. The average molecular weight is 231 g/mol. The van der Waals surface area contributed by atoms with Gasteiger partial charge in [-0.1, -0.05) is 0 Å². The highest BCUT2D eigenvalue weighted by molar-refractivity contribution is 5.73. The van der Waals surface area contributed by atoms with E-state index in [4.69, 9.17) is 4.74 Å². The molecule has 5 heteroatoms. The Labute approximate surface area is 96.3 Å². The number of carbonyl (C=O) groups is 1. The Balaban J connectivity index is 2.38. The van der Waals surface area contributed by atoms with Gasteiger partial charge in [0.15, 0.2) is 0 Å². The van der Waals surface area contributed by atoms with Gasteiger partial charge in [-0.15, -0.1) is 0 Å². The summed E-state index contributed by atoms with van der Waals surface area (Å²) in [5, 5.41) is 9.70. The van der Waals surface area contributed by atoms with Gasteiger partial charge >= 0.3 is 5.97 Å². The van der Waals surface area contributed by atoms with Crippen molar-refractivity contribution in [2.24, 2.45) is 5.92 Å². The van der Waals surface area contributed by atoms with Crippen LogP contribution in [0.3, 0.4) is 0 Å². The molecule has 0 aromatic heterocycles. The number of methoxy groups -OCH3 is 1. The van der Waals surface area contributed by atoms with Crippen molar-refractivity contribution in [3.8, 4) is 0 Å². The molecule has 0 saturated carbocycles. The van der Waals surface area contributed by atoms with E-state index in [1.54, 1.807) is 0 Å². The van der Waals surface area contributed by atoms with Crippen molar-refractivity contribution >= 4 is 5.97 Å². The van der Waals surface area contributed by atoms with Crippen LogP contribution < -0.4 is 0 Å². The van der Waals surface area contributed by atoms with E-state index >= 15 is 0 Å². The minimum atomic E-state index is -0.573. The van der Waals surface area contributed by atoms with Crippen molar-refractivity contribution in [1.82, 2.24) is 4.90 Å². The van der Waals surface area contributed by atoms with Gasteiger partial charge in [-0.2, -0.15) is 0 Å². The second-order valence-corrected chi connectivity index (χ2v) is 3.98. The van der Waals surface area contributed by atoms with Crippen molar-refractivity contribution < 1.29 is 19.4 Å². The van der Waals surface area contributed by atoms with E-state index in [2.05, 4.69) is 9.64 Å². The minimum absolute atomic E-state index is 0.325. The molecule has 0 aliphatic carbocycles. The lowest BCUT2D eigenvalue weighted by molar-refractivity contribution is -0.152. The van der Waals surface area contributed by atoms with E-state index in [-0.39, 0.29) is 5.97 Å². The van der Waals surface area contributed by atoms with Crippen molar-refractivity contribution in [2.45, 2.75) is 19.4 Å². The predicted molar refractivity (Wildman–Crippen MR) is 59.1 cm³/mol. The van der Waals surface area contributed by atoms with Crippen LogP contribution >= 0.6 is 0 Å². The number of hydrogen-bond donors (Lipinski definition) is 1. The molecule has 0 amide bonds. The summed E-state index contributed by atoms with van der Waals surface area (Å²) < 4.78 is 9.94. The molecule has 0 spiro atoms. The lowest BCUT2D eigenvalue weighted by Gasteiger charge is -2.34. The molecule has 1 rings (SSSR count). The first-order valence-corrected chi connectivity index (χ1v) is 5.75. The second kappa shape index (κ2) is 6.83. The van der Waals surface area contributed by atoms with Crippen molar-refractivity contribution in [3.05, 3.63) is 0 Å². The van der Waals surface area contributed by atoms with Crippen LogP contribution in [0.25, 0.3) is 0 Å². The molecule has 0 unspecified atom stereocenters. The van der Waals surface area contributed by atoms with Gasteiger partial charge in [-0.05, 0) is 13.3 Å². The third-order valence-corrected chi connectivity index (χ3v) is 2.92.